The average molecular weight is 277 g/mol. The summed E-state index contributed by atoms with van der Waals surface area (Å²) in [5, 5.41) is 14.4. The van der Waals surface area contributed by atoms with Crippen LogP contribution in [0.4, 0.5) is 0 Å². The molecule has 2 rings (SSSR count). The van der Waals surface area contributed by atoms with Gasteiger partial charge in [-0.05, 0) is 44.2 Å². The van der Waals surface area contributed by atoms with Gasteiger partial charge in [0.2, 0.25) is 0 Å². The van der Waals surface area contributed by atoms with Crippen molar-refractivity contribution in [1.29, 1.82) is 0 Å². The highest BCUT2D eigenvalue weighted by molar-refractivity contribution is 5.45. The van der Waals surface area contributed by atoms with Gasteiger partial charge in [-0.2, -0.15) is 0 Å². The van der Waals surface area contributed by atoms with Gasteiger partial charge in [-0.3, -0.25) is 0 Å². The quantitative estimate of drug-likeness (QED) is 0.839. The summed E-state index contributed by atoms with van der Waals surface area (Å²) in [4.78, 5) is 0. The highest BCUT2D eigenvalue weighted by Crippen LogP contribution is 2.34. The number of ether oxygens (including phenoxy) is 1. The average Bonchev–Trinajstić information content (AvgIpc) is 3.18. The Kier molecular flexibility index (Phi) is 4.71. The van der Waals surface area contributed by atoms with Gasteiger partial charge < -0.3 is 15.2 Å². The lowest BCUT2D eigenvalue weighted by Gasteiger charge is -2.29. The van der Waals surface area contributed by atoms with E-state index >= 15 is 0 Å². The Balaban J connectivity index is 2.31. The molecule has 0 aliphatic heterocycles. The summed E-state index contributed by atoms with van der Waals surface area (Å²) < 4.78 is 5.51. The summed E-state index contributed by atoms with van der Waals surface area (Å²) >= 11 is 0. The minimum absolute atomic E-state index is 0.0672. The SMILES string of the molecule is COc1c(C)cc(C)cc1C(O)C(NC1CC1)C(C)C. The Hall–Kier alpha value is -1.06. The number of methoxy groups -OCH3 is 1. The monoisotopic (exact) mass is 277 g/mol. The standard InChI is InChI=1S/C17H27NO2/c1-10(2)15(18-13-6-7-13)16(19)14-9-11(3)8-12(4)17(14)20-5/h8-10,13,15-16,18-19H,6-7H2,1-5H3. The predicted molar refractivity (Wildman–Crippen MR) is 82.2 cm³/mol. The largest absolute Gasteiger partial charge is 0.496 e. The Labute approximate surface area is 122 Å². The third kappa shape index (κ3) is 3.33. The Morgan fingerprint density at radius 1 is 1.25 bits per heavy atom. The number of nitrogens with one attached hydrogen (secondary N) is 1. The van der Waals surface area contributed by atoms with Crippen LogP contribution in [0.2, 0.25) is 0 Å². The maximum atomic E-state index is 10.8. The van der Waals surface area contributed by atoms with Crippen LogP contribution in [-0.4, -0.2) is 24.3 Å². The molecule has 0 bridgehead atoms. The first-order valence-corrected chi connectivity index (χ1v) is 7.53. The fraction of sp³-hybridized carbons (Fsp3) is 0.647. The van der Waals surface area contributed by atoms with Crippen molar-refractivity contribution in [2.75, 3.05) is 7.11 Å². The predicted octanol–water partition coefficient (Wildman–Crippen LogP) is 3.12. The molecule has 20 heavy (non-hydrogen) atoms. The number of benzene rings is 1. The topological polar surface area (TPSA) is 41.5 Å². The smallest absolute Gasteiger partial charge is 0.127 e. The number of rotatable bonds is 6. The third-order valence-electron chi connectivity index (χ3n) is 4.03. The van der Waals surface area contributed by atoms with Crippen molar-refractivity contribution < 1.29 is 9.84 Å². The van der Waals surface area contributed by atoms with Crippen LogP contribution in [-0.2, 0) is 0 Å². The van der Waals surface area contributed by atoms with E-state index in [1.54, 1.807) is 7.11 Å². The number of hydrogen-bond donors (Lipinski definition) is 2. The summed E-state index contributed by atoms with van der Waals surface area (Å²) in [5.41, 5.74) is 3.14. The molecule has 1 saturated carbocycles. The van der Waals surface area contributed by atoms with Crippen LogP contribution in [0.5, 0.6) is 5.75 Å². The van der Waals surface area contributed by atoms with Crippen molar-refractivity contribution >= 4 is 0 Å². The normalized spacial score (nSPS) is 18.1. The minimum Gasteiger partial charge on any atom is -0.496 e. The van der Waals surface area contributed by atoms with Crippen molar-refractivity contribution in [2.45, 2.75) is 58.7 Å². The Morgan fingerprint density at radius 2 is 1.90 bits per heavy atom. The summed E-state index contributed by atoms with van der Waals surface area (Å²) in [6.45, 7) is 8.39. The number of aliphatic hydroxyl groups is 1. The van der Waals surface area contributed by atoms with E-state index in [1.165, 1.54) is 12.8 Å². The van der Waals surface area contributed by atoms with E-state index in [9.17, 15) is 5.11 Å². The lowest BCUT2D eigenvalue weighted by molar-refractivity contribution is 0.101. The van der Waals surface area contributed by atoms with Crippen LogP contribution < -0.4 is 10.1 Å². The molecule has 2 atom stereocenters. The van der Waals surface area contributed by atoms with Gasteiger partial charge in [0.05, 0.1) is 13.2 Å². The maximum absolute atomic E-state index is 10.8. The number of hydrogen-bond acceptors (Lipinski definition) is 3. The molecule has 3 nitrogen and oxygen atoms in total. The van der Waals surface area contributed by atoms with Crippen LogP contribution in [0, 0.1) is 19.8 Å². The summed E-state index contributed by atoms with van der Waals surface area (Å²) in [5.74, 6) is 1.18. The summed E-state index contributed by atoms with van der Waals surface area (Å²) in [6, 6.07) is 4.78. The molecule has 0 amide bonds. The molecule has 0 aromatic heterocycles. The fourth-order valence-electron chi connectivity index (χ4n) is 2.85. The maximum Gasteiger partial charge on any atom is 0.127 e. The molecule has 1 aliphatic carbocycles. The Morgan fingerprint density at radius 3 is 2.40 bits per heavy atom. The van der Waals surface area contributed by atoms with Crippen LogP contribution >= 0.6 is 0 Å². The van der Waals surface area contributed by atoms with Gasteiger partial charge in [-0.25, -0.2) is 0 Å². The van der Waals surface area contributed by atoms with Crippen LogP contribution in [0.25, 0.3) is 0 Å². The summed E-state index contributed by atoms with van der Waals surface area (Å²) in [6.07, 6.45) is 1.91. The first kappa shape index (κ1) is 15.3. The molecule has 1 fully saturated rings. The van der Waals surface area contributed by atoms with E-state index in [4.69, 9.17) is 4.74 Å². The van der Waals surface area contributed by atoms with Gasteiger partial charge in [-0.15, -0.1) is 0 Å². The summed E-state index contributed by atoms with van der Waals surface area (Å²) in [7, 11) is 1.67. The van der Waals surface area contributed by atoms with Gasteiger partial charge >= 0.3 is 0 Å². The third-order valence-corrected chi connectivity index (χ3v) is 4.03. The zero-order chi connectivity index (χ0) is 14.9. The molecule has 2 N–H and O–H groups in total. The first-order chi connectivity index (χ1) is 9.43. The highest BCUT2D eigenvalue weighted by atomic mass is 16.5. The van der Waals surface area contributed by atoms with Crippen molar-refractivity contribution in [1.82, 2.24) is 5.32 Å². The lowest BCUT2D eigenvalue weighted by Crippen LogP contribution is -2.40. The van der Waals surface area contributed by atoms with Crippen LogP contribution in [0.3, 0.4) is 0 Å². The Bertz CT molecular complexity index is 466. The van der Waals surface area contributed by atoms with Gasteiger partial charge in [0.25, 0.3) is 0 Å². The molecule has 1 aliphatic rings. The zero-order valence-corrected chi connectivity index (χ0v) is 13.2. The molecule has 0 heterocycles. The van der Waals surface area contributed by atoms with E-state index in [0.29, 0.717) is 12.0 Å². The van der Waals surface area contributed by atoms with Crippen LogP contribution in [0.15, 0.2) is 12.1 Å². The molecule has 0 radical (unpaired) electrons. The number of aliphatic hydroxyl groups excluding tert-OH is 1. The number of aryl methyl sites for hydroxylation is 2. The molecule has 112 valence electrons. The molecule has 2 unspecified atom stereocenters. The van der Waals surface area contributed by atoms with Crippen molar-refractivity contribution in [2.24, 2.45) is 5.92 Å². The minimum atomic E-state index is -0.538. The van der Waals surface area contributed by atoms with Gasteiger partial charge in [0.15, 0.2) is 0 Å². The van der Waals surface area contributed by atoms with E-state index in [0.717, 1.165) is 22.4 Å². The zero-order valence-electron chi connectivity index (χ0n) is 13.2. The van der Waals surface area contributed by atoms with Crippen molar-refractivity contribution in [3.8, 4) is 5.75 Å². The molecule has 0 spiro atoms. The molecular formula is C17H27NO2. The van der Waals surface area contributed by atoms with Crippen molar-refractivity contribution in [3.63, 3.8) is 0 Å². The van der Waals surface area contributed by atoms with Gasteiger partial charge in [0.1, 0.15) is 5.75 Å². The first-order valence-electron chi connectivity index (χ1n) is 7.53. The molecule has 1 aromatic carbocycles. The lowest BCUT2D eigenvalue weighted by atomic mass is 9.90. The van der Waals surface area contributed by atoms with E-state index in [-0.39, 0.29) is 6.04 Å². The molecule has 0 saturated heterocycles. The molecule has 1 aromatic rings. The second-order valence-corrected chi connectivity index (χ2v) is 6.36. The molecule has 3 heteroatoms. The van der Waals surface area contributed by atoms with E-state index in [1.807, 2.05) is 13.0 Å². The second-order valence-electron chi connectivity index (χ2n) is 6.36. The van der Waals surface area contributed by atoms with Crippen LogP contribution in [0.1, 0.15) is 49.5 Å². The van der Waals surface area contributed by atoms with E-state index in [2.05, 4.69) is 32.2 Å². The fourth-order valence-corrected chi connectivity index (χ4v) is 2.85. The molecular weight excluding hydrogens is 250 g/mol. The van der Waals surface area contributed by atoms with Gasteiger partial charge in [0, 0.05) is 17.6 Å². The van der Waals surface area contributed by atoms with Crippen molar-refractivity contribution in [3.05, 3.63) is 28.8 Å². The highest BCUT2D eigenvalue weighted by Gasteiger charge is 2.32. The second kappa shape index (κ2) is 6.15. The van der Waals surface area contributed by atoms with E-state index < -0.39 is 6.10 Å². The van der Waals surface area contributed by atoms with Gasteiger partial charge in [-0.1, -0.05) is 25.5 Å².